The van der Waals surface area contributed by atoms with Gasteiger partial charge in [0, 0.05) is 148 Å². The van der Waals surface area contributed by atoms with Crippen LogP contribution >= 0.6 is 0 Å². The molecule has 34 heteroatoms. The number of hydrogen-bond donors (Lipinski definition) is 0. The zero-order chi connectivity index (χ0) is 0. The van der Waals surface area contributed by atoms with E-state index >= 15 is 0 Å². The van der Waals surface area contributed by atoms with Gasteiger partial charge < -0.3 is 216 Å². The minimum absolute atomic E-state index is 0. The minimum Gasteiger partial charge on any atom is -2.00 e. The van der Waals surface area contributed by atoms with E-state index in [0.717, 1.165) is 0 Å². The fourth-order valence-corrected chi connectivity index (χ4v) is 0. The molecule has 0 spiro atoms. The molecule has 0 aromatic carbocycles. The molecule has 0 aliphatic rings. The smallest absolute Gasteiger partial charge is 2.00 e. The van der Waals surface area contributed by atoms with Gasteiger partial charge in [0.1, 0.15) is 0 Å². The first-order valence-electron chi connectivity index (χ1n) is 0. The molecule has 0 radical (unpaired) electrons. The molecule has 0 nitrogen and oxygen atoms in total. The van der Waals surface area contributed by atoms with Crippen LogP contribution in [-0.2, 0) is 518 Å². The Morgan fingerprint density at radius 2 is 0.0882 bits per heavy atom. The van der Waals surface area contributed by atoms with Crippen molar-refractivity contribution in [3.63, 3.8) is 0 Å². The van der Waals surface area contributed by atoms with Gasteiger partial charge in [-0.3, -0.25) is 0 Å². The molecule has 0 rings (SSSR count). The van der Waals surface area contributed by atoms with Crippen LogP contribution in [0.15, 0.2) is 0 Å². The maximum Gasteiger partial charge on any atom is 2.00 e. The van der Waals surface area contributed by atoms with E-state index in [9.17, 15) is 0 Å². The summed E-state index contributed by atoms with van der Waals surface area (Å²) < 4.78 is 0. The molecule has 0 saturated heterocycles. The molecule has 0 heterocycles. The molecule has 0 unspecified atom stereocenters. The van der Waals surface area contributed by atoms with E-state index < -0.39 is 0 Å². The largest absolute Gasteiger partial charge is 2.00 e. The first-order chi connectivity index (χ1) is 0. The van der Waals surface area contributed by atoms with Gasteiger partial charge in [-0.25, -0.2) is 0 Å². The zero-order valence-corrected chi connectivity index (χ0v) is 44.5. The standard InChI is InChI=1S/9Fe.9Ni.16S/q9*+2;;;;;;;;;;16*-2. The van der Waals surface area contributed by atoms with Gasteiger partial charge in [0.05, 0.1) is 0 Å². The van der Waals surface area contributed by atoms with E-state index in [-0.39, 0.29) is 518 Å². The van der Waals surface area contributed by atoms with Gasteiger partial charge in [-0.15, -0.1) is 0 Å². The Hall–Kier alpha value is 14.7. The summed E-state index contributed by atoms with van der Waals surface area (Å²) in [7, 11) is 0. The van der Waals surface area contributed by atoms with Crippen molar-refractivity contribution >= 4 is 216 Å². The van der Waals surface area contributed by atoms with Crippen LogP contribution in [0.4, 0.5) is 0 Å². The summed E-state index contributed by atoms with van der Waals surface area (Å²) in [6, 6.07) is 0. The third-order valence-electron chi connectivity index (χ3n) is 0. The van der Waals surface area contributed by atoms with Gasteiger partial charge in [-0.05, 0) is 0 Å². The second kappa shape index (κ2) is 481. The van der Waals surface area contributed by atoms with Crippen molar-refractivity contribution in [3.05, 3.63) is 0 Å². The Labute approximate surface area is 506 Å². The molecule has 0 fully saturated rings. The van der Waals surface area contributed by atoms with Crippen LogP contribution in [0.1, 0.15) is 0 Å². The summed E-state index contributed by atoms with van der Waals surface area (Å²) >= 11 is 0. The Bertz CT molecular complexity index is 51.9. The van der Waals surface area contributed by atoms with Crippen molar-refractivity contribution in [2.24, 2.45) is 0 Å². The van der Waals surface area contributed by atoms with Gasteiger partial charge in [0.25, 0.3) is 0 Å². The van der Waals surface area contributed by atoms with Gasteiger partial charge >= 0.3 is 154 Å². The molecule has 0 aliphatic heterocycles. The van der Waals surface area contributed by atoms with E-state index in [1.807, 2.05) is 0 Å². The molecular formula is Fe9Ni9S16-14. The first kappa shape index (κ1) is 512. The molecule has 0 saturated carbocycles. The minimum atomic E-state index is 0. The summed E-state index contributed by atoms with van der Waals surface area (Å²) in [4.78, 5) is 0. The first-order valence-corrected chi connectivity index (χ1v) is 0. The number of hydrogen-bond acceptors (Lipinski definition) is 0. The molecule has 34 heavy (non-hydrogen) atoms. The zero-order valence-electron chi connectivity index (χ0n) is 12.6. The van der Waals surface area contributed by atoms with E-state index in [1.165, 1.54) is 0 Å². The average Bonchev–Trinajstić information content (AvgIpc) is 0. The van der Waals surface area contributed by atoms with Crippen LogP contribution in [0, 0.1) is 0 Å². The Balaban J connectivity index is 0. The molecule has 0 amide bonds. The van der Waals surface area contributed by atoms with Crippen molar-refractivity contribution in [3.8, 4) is 0 Å². The Morgan fingerprint density at radius 1 is 0.0882 bits per heavy atom. The van der Waals surface area contributed by atoms with Crippen molar-refractivity contribution in [1.29, 1.82) is 0 Å². The maximum atomic E-state index is 0. The van der Waals surface area contributed by atoms with Crippen molar-refractivity contribution < 1.29 is 302 Å². The Kier molecular flexibility index (Phi) is 7240. The third-order valence-corrected chi connectivity index (χ3v) is 0. The summed E-state index contributed by atoms with van der Waals surface area (Å²) in [6.45, 7) is 0. The third kappa shape index (κ3) is 451. The van der Waals surface area contributed by atoms with Crippen molar-refractivity contribution in [2.75, 3.05) is 0 Å². The quantitative estimate of drug-likeness (QED) is 0.299. The van der Waals surface area contributed by atoms with Crippen LogP contribution in [-0.4, -0.2) is 0 Å². The molecule has 0 aliphatic carbocycles. The van der Waals surface area contributed by atoms with E-state index in [0.29, 0.717) is 0 Å². The molecule has 0 aromatic rings. The van der Waals surface area contributed by atoms with Crippen LogP contribution in [0.5, 0.6) is 0 Å². The van der Waals surface area contributed by atoms with E-state index in [1.54, 1.807) is 0 Å². The molecule has 0 atom stereocenters. The van der Waals surface area contributed by atoms with E-state index in [4.69, 9.17) is 0 Å². The fraction of sp³-hybridized carbons (Fsp3) is 0. The van der Waals surface area contributed by atoms with Crippen LogP contribution in [0.2, 0.25) is 0 Å². The topological polar surface area (TPSA) is 0 Å². The summed E-state index contributed by atoms with van der Waals surface area (Å²) in [5.41, 5.74) is 0. The van der Waals surface area contributed by atoms with Crippen LogP contribution in [0.3, 0.4) is 0 Å². The monoisotopic (exact) mass is 1540 g/mol. The molecule has 272 valence electrons. The van der Waals surface area contributed by atoms with E-state index in [2.05, 4.69) is 0 Å². The normalized spacial score (nSPS) is 0. The summed E-state index contributed by atoms with van der Waals surface area (Å²) in [5, 5.41) is 0. The number of rotatable bonds is 0. The fourth-order valence-electron chi connectivity index (χ4n) is 0. The van der Waals surface area contributed by atoms with Crippen LogP contribution in [0.25, 0.3) is 0 Å². The van der Waals surface area contributed by atoms with Crippen molar-refractivity contribution in [1.82, 2.24) is 0 Å². The Morgan fingerprint density at radius 3 is 0.0882 bits per heavy atom. The van der Waals surface area contributed by atoms with Gasteiger partial charge in [0.2, 0.25) is 0 Å². The maximum absolute atomic E-state index is 0. The molecular weight excluding hydrogens is 1540 g/mol. The summed E-state index contributed by atoms with van der Waals surface area (Å²) in [5.74, 6) is 0. The van der Waals surface area contributed by atoms with Crippen LogP contribution < -0.4 is 0 Å². The predicted molar refractivity (Wildman–Crippen MR) is 118 cm³/mol. The van der Waals surface area contributed by atoms with Crippen molar-refractivity contribution in [2.45, 2.75) is 0 Å². The molecule has 0 aromatic heterocycles. The van der Waals surface area contributed by atoms with Gasteiger partial charge in [-0.2, -0.15) is 0 Å². The average molecular weight is 1540 g/mol. The predicted octanol–water partition coefficient (Wildman–Crippen LogP) is -0.0834. The second-order valence-corrected chi connectivity index (χ2v) is 0. The SMILES string of the molecule is [Fe+2].[Fe+2].[Fe+2].[Fe+2].[Fe+2].[Fe+2].[Fe+2].[Fe+2].[Fe+2].[Ni].[Ni].[Ni].[Ni].[Ni].[Ni].[Ni].[Ni].[Ni].[S-2].[S-2].[S-2].[S-2].[S-2].[S-2].[S-2].[S-2].[S-2].[S-2].[S-2].[S-2].[S-2].[S-2].[S-2].[S-2]. The molecule has 0 bridgehead atoms. The summed E-state index contributed by atoms with van der Waals surface area (Å²) in [6.07, 6.45) is 0. The van der Waals surface area contributed by atoms with Gasteiger partial charge in [-0.1, -0.05) is 0 Å². The second-order valence-electron chi connectivity index (χ2n) is 0. The molecule has 0 N–H and O–H groups in total. The van der Waals surface area contributed by atoms with Gasteiger partial charge in [0.15, 0.2) is 0 Å².